The van der Waals surface area contributed by atoms with Gasteiger partial charge in [-0.3, -0.25) is 13.8 Å². The molecule has 1 aromatic rings. The number of esters is 1. The summed E-state index contributed by atoms with van der Waals surface area (Å²) in [6, 6.07) is 8.60. The number of ether oxygens (including phenoxy) is 1. The lowest BCUT2D eigenvalue weighted by atomic mass is 10.2. The molecule has 19 heavy (non-hydrogen) atoms. The van der Waals surface area contributed by atoms with E-state index in [1.807, 2.05) is 0 Å². The molecule has 0 saturated carbocycles. The molecule has 2 atom stereocenters. The molecule has 4 nitrogen and oxygen atoms in total. The molecule has 0 aliphatic carbocycles. The summed E-state index contributed by atoms with van der Waals surface area (Å²) in [6.45, 7) is 4.84. The first-order valence-corrected chi connectivity index (χ1v) is 7.00. The molecule has 0 aromatic heterocycles. The van der Waals surface area contributed by atoms with Crippen LogP contribution in [0.15, 0.2) is 47.9 Å². The Morgan fingerprint density at radius 1 is 1.37 bits per heavy atom. The molecule has 0 N–H and O–H groups in total. The van der Waals surface area contributed by atoms with E-state index in [0.29, 0.717) is 4.90 Å². The minimum atomic E-state index is -1.55. The smallest absolute Gasteiger partial charge is 0.307 e. The molecular formula is C14H16O4S. The van der Waals surface area contributed by atoms with Crippen molar-refractivity contribution in [3.63, 3.8) is 0 Å². The molecule has 0 amide bonds. The number of ketones is 1. The number of benzene rings is 1. The summed E-state index contributed by atoms with van der Waals surface area (Å²) in [5.41, 5.74) is 0. The standard InChI is InChI=1S/C14H16O4S/c1-3-9-18-14(16)10-13(11(2)15)19(17)12-7-5-4-6-8-12/h3-8,13H,1,9-10H2,2H3. The van der Waals surface area contributed by atoms with E-state index in [9.17, 15) is 13.8 Å². The Morgan fingerprint density at radius 2 is 2.00 bits per heavy atom. The fourth-order valence-electron chi connectivity index (χ4n) is 1.45. The maximum absolute atomic E-state index is 12.3. The second kappa shape index (κ2) is 7.63. The van der Waals surface area contributed by atoms with Gasteiger partial charge >= 0.3 is 5.97 Å². The Kier molecular flexibility index (Phi) is 6.15. The third-order valence-corrected chi connectivity index (χ3v) is 4.15. The maximum atomic E-state index is 12.3. The summed E-state index contributed by atoms with van der Waals surface area (Å²) in [4.78, 5) is 23.6. The van der Waals surface area contributed by atoms with Crippen molar-refractivity contribution < 1.29 is 18.5 Å². The first-order valence-electron chi connectivity index (χ1n) is 5.79. The zero-order valence-electron chi connectivity index (χ0n) is 10.7. The van der Waals surface area contributed by atoms with Crippen molar-refractivity contribution in [2.24, 2.45) is 0 Å². The van der Waals surface area contributed by atoms with Gasteiger partial charge in [-0.2, -0.15) is 0 Å². The van der Waals surface area contributed by atoms with Gasteiger partial charge in [-0.1, -0.05) is 30.9 Å². The second-order valence-electron chi connectivity index (χ2n) is 3.89. The average molecular weight is 280 g/mol. The summed E-state index contributed by atoms with van der Waals surface area (Å²) in [5, 5.41) is -0.875. The number of carbonyl (C=O) groups is 2. The maximum Gasteiger partial charge on any atom is 0.307 e. The Balaban J connectivity index is 2.78. The van der Waals surface area contributed by atoms with Crippen molar-refractivity contribution in [3.05, 3.63) is 43.0 Å². The predicted octanol–water partition coefficient (Wildman–Crippen LogP) is 1.87. The highest BCUT2D eigenvalue weighted by atomic mass is 32.2. The van der Waals surface area contributed by atoms with Crippen LogP contribution in [0.2, 0.25) is 0 Å². The lowest BCUT2D eigenvalue weighted by Gasteiger charge is -2.12. The van der Waals surface area contributed by atoms with Crippen LogP contribution in [0.1, 0.15) is 13.3 Å². The average Bonchev–Trinajstić information content (AvgIpc) is 2.42. The Hall–Kier alpha value is -1.75. The van der Waals surface area contributed by atoms with Gasteiger partial charge in [0.2, 0.25) is 0 Å². The van der Waals surface area contributed by atoms with E-state index >= 15 is 0 Å². The van der Waals surface area contributed by atoms with Crippen molar-refractivity contribution in [3.8, 4) is 0 Å². The zero-order chi connectivity index (χ0) is 14.3. The van der Waals surface area contributed by atoms with Gasteiger partial charge in [0.15, 0.2) is 0 Å². The number of carbonyl (C=O) groups excluding carboxylic acids is 2. The molecule has 0 saturated heterocycles. The van der Waals surface area contributed by atoms with Crippen LogP contribution in [0, 0.1) is 0 Å². The monoisotopic (exact) mass is 280 g/mol. The summed E-state index contributed by atoms with van der Waals surface area (Å²) in [6.07, 6.45) is 1.25. The Morgan fingerprint density at radius 3 is 2.53 bits per heavy atom. The van der Waals surface area contributed by atoms with Crippen molar-refractivity contribution >= 4 is 22.6 Å². The molecule has 0 radical (unpaired) electrons. The fraction of sp³-hybridized carbons (Fsp3) is 0.286. The van der Waals surface area contributed by atoms with E-state index in [1.54, 1.807) is 30.3 Å². The van der Waals surface area contributed by atoms with Crippen LogP contribution in [-0.2, 0) is 25.1 Å². The molecule has 0 aliphatic rings. The predicted molar refractivity (Wildman–Crippen MR) is 73.1 cm³/mol. The third kappa shape index (κ3) is 4.79. The van der Waals surface area contributed by atoms with Crippen LogP contribution in [0.25, 0.3) is 0 Å². The van der Waals surface area contributed by atoms with E-state index in [1.165, 1.54) is 13.0 Å². The van der Waals surface area contributed by atoms with Gasteiger partial charge in [0, 0.05) is 4.90 Å². The minimum Gasteiger partial charge on any atom is -0.461 e. The highest BCUT2D eigenvalue weighted by Crippen LogP contribution is 2.15. The highest BCUT2D eigenvalue weighted by molar-refractivity contribution is 7.86. The van der Waals surface area contributed by atoms with E-state index in [2.05, 4.69) is 6.58 Å². The lowest BCUT2D eigenvalue weighted by molar-refractivity contribution is -0.143. The van der Waals surface area contributed by atoms with Crippen molar-refractivity contribution in [1.29, 1.82) is 0 Å². The van der Waals surface area contributed by atoms with E-state index in [0.717, 1.165) is 0 Å². The molecule has 0 aliphatic heterocycles. The van der Waals surface area contributed by atoms with Crippen LogP contribution in [0.4, 0.5) is 0 Å². The molecule has 0 bridgehead atoms. The van der Waals surface area contributed by atoms with Crippen LogP contribution in [-0.4, -0.2) is 27.8 Å². The van der Waals surface area contributed by atoms with Gasteiger partial charge in [-0.05, 0) is 19.1 Å². The van der Waals surface area contributed by atoms with Gasteiger partial charge in [0.1, 0.15) is 17.6 Å². The number of rotatable bonds is 7. The van der Waals surface area contributed by atoms with Crippen LogP contribution in [0.5, 0.6) is 0 Å². The first kappa shape index (κ1) is 15.3. The van der Waals surface area contributed by atoms with Crippen molar-refractivity contribution in [1.82, 2.24) is 0 Å². The quantitative estimate of drug-likeness (QED) is 0.565. The largest absolute Gasteiger partial charge is 0.461 e. The zero-order valence-corrected chi connectivity index (χ0v) is 11.5. The molecule has 0 heterocycles. The van der Waals surface area contributed by atoms with Gasteiger partial charge in [-0.15, -0.1) is 0 Å². The molecular weight excluding hydrogens is 264 g/mol. The molecule has 1 rings (SSSR count). The number of hydrogen-bond acceptors (Lipinski definition) is 4. The molecule has 102 valence electrons. The molecule has 5 heteroatoms. The Bertz CT molecular complexity index is 481. The van der Waals surface area contributed by atoms with Crippen LogP contribution >= 0.6 is 0 Å². The summed E-state index contributed by atoms with van der Waals surface area (Å²) in [5.74, 6) is -0.845. The SMILES string of the molecule is C=CCOC(=O)CC(C(C)=O)S(=O)c1ccccc1. The van der Waals surface area contributed by atoms with Gasteiger partial charge in [-0.25, -0.2) is 0 Å². The molecule has 1 aromatic carbocycles. The highest BCUT2D eigenvalue weighted by Gasteiger charge is 2.26. The summed E-state index contributed by atoms with van der Waals surface area (Å²) < 4.78 is 17.1. The normalized spacial score (nSPS) is 13.3. The van der Waals surface area contributed by atoms with Crippen molar-refractivity contribution in [2.45, 2.75) is 23.5 Å². The van der Waals surface area contributed by atoms with E-state index in [4.69, 9.17) is 4.74 Å². The number of hydrogen-bond donors (Lipinski definition) is 0. The first-order chi connectivity index (χ1) is 9.06. The lowest BCUT2D eigenvalue weighted by Crippen LogP contribution is -2.28. The van der Waals surface area contributed by atoms with Crippen molar-refractivity contribution in [2.75, 3.05) is 6.61 Å². The third-order valence-electron chi connectivity index (χ3n) is 2.40. The second-order valence-corrected chi connectivity index (χ2v) is 5.52. The van der Waals surface area contributed by atoms with Gasteiger partial charge in [0.25, 0.3) is 0 Å². The van der Waals surface area contributed by atoms with Gasteiger partial charge in [0.05, 0.1) is 17.2 Å². The van der Waals surface area contributed by atoms with E-state index < -0.39 is 22.0 Å². The van der Waals surface area contributed by atoms with Crippen LogP contribution < -0.4 is 0 Å². The van der Waals surface area contributed by atoms with Gasteiger partial charge < -0.3 is 4.74 Å². The minimum absolute atomic E-state index is 0.0848. The summed E-state index contributed by atoms with van der Waals surface area (Å²) >= 11 is 0. The van der Waals surface area contributed by atoms with E-state index in [-0.39, 0.29) is 18.8 Å². The Labute approximate surface area is 114 Å². The fourth-order valence-corrected chi connectivity index (χ4v) is 2.79. The topological polar surface area (TPSA) is 60.4 Å². The molecule has 0 fully saturated rings. The molecule has 2 unspecified atom stereocenters. The van der Waals surface area contributed by atoms with Crippen LogP contribution in [0.3, 0.4) is 0 Å². The summed E-state index contributed by atoms with van der Waals surface area (Å²) in [7, 11) is -1.55. The number of Topliss-reactive ketones (excluding diaryl/α,β-unsaturated/α-hetero) is 1. The molecule has 0 spiro atoms.